The van der Waals surface area contributed by atoms with Crippen molar-refractivity contribution in [2.45, 2.75) is 31.2 Å². The van der Waals surface area contributed by atoms with E-state index in [4.69, 9.17) is 5.73 Å². The second-order valence-electron chi connectivity index (χ2n) is 11.0. The van der Waals surface area contributed by atoms with Crippen LogP contribution in [0.4, 0.5) is 0 Å². The second-order valence-corrected chi connectivity index (χ2v) is 11.0. The first-order valence-corrected chi connectivity index (χ1v) is 14.2. The van der Waals surface area contributed by atoms with Crippen LogP contribution in [0, 0.1) is 0 Å². The fraction of sp³-hybridized carbons (Fsp3) is 0.257. The maximum atomic E-state index is 14.1. The molecule has 6 rings (SSSR count). The van der Waals surface area contributed by atoms with Gasteiger partial charge in [-0.05, 0) is 89.6 Å². The maximum Gasteiger partial charge on any atom is 0.259 e. The van der Waals surface area contributed by atoms with Crippen molar-refractivity contribution in [3.63, 3.8) is 0 Å². The van der Waals surface area contributed by atoms with Gasteiger partial charge in [0.05, 0.1) is 5.56 Å². The van der Waals surface area contributed by atoms with Gasteiger partial charge in [-0.15, -0.1) is 0 Å². The number of piperidine rings is 1. The maximum absolute atomic E-state index is 14.1. The normalized spacial score (nSPS) is 15.3. The molecule has 1 fully saturated rings. The Kier molecular flexibility index (Phi) is 7.58. The van der Waals surface area contributed by atoms with E-state index in [1.807, 2.05) is 41.9 Å². The minimum atomic E-state index is 0.0481. The molecule has 3 heterocycles. The first-order chi connectivity index (χ1) is 19.6. The van der Waals surface area contributed by atoms with Crippen LogP contribution < -0.4 is 11.3 Å². The number of rotatable bonds is 7. The molecule has 0 saturated carbocycles. The van der Waals surface area contributed by atoms with Crippen LogP contribution in [0.5, 0.6) is 0 Å². The highest BCUT2D eigenvalue weighted by atomic mass is 16.1. The van der Waals surface area contributed by atoms with E-state index in [1.54, 1.807) is 12.4 Å². The van der Waals surface area contributed by atoms with Crippen molar-refractivity contribution in [1.82, 2.24) is 14.5 Å². The van der Waals surface area contributed by atoms with Crippen molar-refractivity contribution in [2.75, 3.05) is 19.6 Å². The zero-order chi connectivity index (χ0) is 27.5. The average molecular weight is 529 g/mol. The Morgan fingerprint density at radius 1 is 0.850 bits per heavy atom. The van der Waals surface area contributed by atoms with Gasteiger partial charge in [0, 0.05) is 43.6 Å². The highest BCUT2D eigenvalue weighted by Crippen LogP contribution is 2.35. The minimum absolute atomic E-state index is 0.0481. The number of hydrogen-bond acceptors (Lipinski definition) is 4. The molecule has 1 atom stereocenters. The lowest BCUT2D eigenvalue weighted by Crippen LogP contribution is -2.43. The van der Waals surface area contributed by atoms with Gasteiger partial charge in [-0.2, -0.15) is 0 Å². The molecule has 0 aliphatic carbocycles. The quantitative estimate of drug-likeness (QED) is 0.281. The van der Waals surface area contributed by atoms with E-state index in [2.05, 4.69) is 70.5 Å². The van der Waals surface area contributed by atoms with Gasteiger partial charge in [0.1, 0.15) is 0 Å². The molecule has 1 saturated heterocycles. The first-order valence-electron chi connectivity index (χ1n) is 14.2. The molecule has 202 valence electrons. The number of benzene rings is 3. The van der Waals surface area contributed by atoms with Crippen molar-refractivity contribution >= 4 is 10.8 Å². The predicted molar refractivity (Wildman–Crippen MR) is 164 cm³/mol. The molecule has 2 N–H and O–H groups in total. The van der Waals surface area contributed by atoms with Crippen molar-refractivity contribution < 1.29 is 0 Å². The van der Waals surface area contributed by atoms with Gasteiger partial charge >= 0.3 is 0 Å². The highest BCUT2D eigenvalue weighted by molar-refractivity contribution is 5.91. The Bertz CT molecular complexity index is 1650. The van der Waals surface area contributed by atoms with E-state index in [1.165, 1.54) is 10.9 Å². The molecule has 1 aliphatic rings. The molecule has 1 unspecified atom stereocenters. The number of hydrogen-bond donors (Lipinski definition) is 1. The van der Waals surface area contributed by atoms with E-state index in [-0.39, 0.29) is 11.6 Å². The summed E-state index contributed by atoms with van der Waals surface area (Å²) >= 11 is 0. The van der Waals surface area contributed by atoms with Crippen molar-refractivity contribution in [2.24, 2.45) is 12.8 Å². The fourth-order valence-corrected chi connectivity index (χ4v) is 6.22. The number of nitrogens with zero attached hydrogens (tertiary/aromatic N) is 3. The van der Waals surface area contributed by atoms with Crippen LogP contribution in [-0.4, -0.2) is 40.1 Å². The summed E-state index contributed by atoms with van der Waals surface area (Å²) in [6, 6.07) is 31.4. The van der Waals surface area contributed by atoms with Crippen LogP contribution in [0.1, 0.15) is 30.0 Å². The highest BCUT2D eigenvalue weighted by Gasteiger charge is 2.26. The summed E-state index contributed by atoms with van der Waals surface area (Å²) < 4.78 is 1.89. The molecule has 3 aromatic carbocycles. The van der Waals surface area contributed by atoms with E-state index < -0.39 is 0 Å². The van der Waals surface area contributed by atoms with Crippen LogP contribution in [-0.2, 0) is 13.5 Å². The topological polar surface area (TPSA) is 64.2 Å². The molecule has 1 aliphatic heterocycles. The monoisotopic (exact) mass is 528 g/mol. The molecule has 0 spiro atoms. The van der Waals surface area contributed by atoms with Gasteiger partial charge in [0.25, 0.3) is 5.56 Å². The minimum Gasteiger partial charge on any atom is -0.326 e. The summed E-state index contributed by atoms with van der Waals surface area (Å²) in [4.78, 5) is 20.8. The lowest BCUT2D eigenvalue weighted by Gasteiger charge is -2.34. The molecular weight excluding hydrogens is 492 g/mol. The summed E-state index contributed by atoms with van der Waals surface area (Å²) in [6.07, 6.45) is 6.51. The van der Waals surface area contributed by atoms with Gasteiger partial charge < -0.3 is 15.2 Å². The van der Waals surface area contributed by atoms with Gasteiger partial charge in [0.2, 0.25) is 0 Å². The zero-order valence-electron chi connectivity index (χ0n) is 23.0. The van der Waals surface area contributed by atoms with Gasteiger partial charge in [-0.1, -0.05) is 66.7 Å². The fourth-order valence-electron chi connectivity index (χ4n) is 6.22. The van der Waals surface area contributed by atoms with Crippen LogP contribution in [0.25, 0.3) is 33.0 Å². The lowest BCUT2D eigenvalue weighted by molar-refractivity contribution is 0.198. The number of likely N-dealkylation sites (tertiary alicyclic amines) is 1. The molecular formula is C35H36N4O. The predicted octanol–water partition coefficient (Wildman–Crippen LogP) is 6.02. The summed E-state index contributed by atoms with van der Waals surface area (Å²) in [6.45, 7) is 2.86. The van der Waals surface area contributed by atoms with Gasteiger partial charge in [-0.25, -0.2) is 0 Å². The average Bonchev–Trinajstić information content (AvgIpc) is 2.99. The van der Waals surface area contributed by atoms with Crippen molar-refractivity contribution in [3.05, 3.63) is 125 Å². The number of aromatic nitrogens is 2. The molecule has 5 aromatic rings. The van der Waals surface area contributed by atoms with Crippen LogP contribution >= 0.6 is 0 Å². The van der Waals surface area contributed by atoms with E-state index in [9.17, 15) is 4.79 Å². The third-order valence-electron chi connectivity index (χ3n) is 8.34. The molecule has 5 heteroatoms. The SMILES string of the molecule is Cn1c(C2CCN(CC(N)Cc3ccccc3)CC2)cc(-c2ccncc2)c(-c2ccc3ccccc3c2)c1=O. The Balaban J connectivity index is 1.28. The summed E-state index contributed by atoms with van der Waals surface area (Å²) in [5, 5.41) is 2.30. The standard InChI is InChI=1S/C35H36N4O/c1-38-33(28-15-19-39(20-16-28)24-31(36)21-25-7-3-2-4-8-25)23-32(27-13-17-37-18-14-27)34(35(38)40)30-12-11-26-9-5-6-10-29(26)22-30/h2-14,17-18,22-23,28,31H,15-16,19-21,24,36H2,1H3. The summed E-state index contributed by atoms with van der Waals surface area (Å²) in [5.41, 5.74) is 12.6. The Hall–Kier alpha value is -4.06. The van der Waals surface area contributed by atoms with E-state index >= 15 is 0 Å². The third kappa shape index (κ3) is 5.48. The van der Waals surface area contributed by atoms with Gasteiger partial charge in [-0.3, -0.25) is 9.78 Å². The second kappa shape index (κ2) is 11.6. The largest absolute Gasteiger partial charge is 0.326 e. The Morgan fingerprint density at radius 3 is 2.30 bits per heavy atom. The van der Waals surface area contributed by atoms with E-state index in [0.29, 0.717) is 5.92 Å². The summed E-state index contributed by atoms with van der Waals surface area (Å²) in [5.74, 6) is 0.325. The van der Waals surface area contributed by atoms with Crippen LogP contribution in [0.15, 0.2) is 108 Å². The molecule has 0 radical (unpaired) electrons. The van der Waals surface area contributed by atoms with Crippen LogP contribution in [0.3, 0.4) is 0 Å². The van der Waals surface area contributed by atoms with Crippen molar-refractivity contribution in [3.8, 4) is 22.3 Å². The van der Waals surface area contributed by atoms with Crippen molar-refractivity contribution in [1.29, 1.82) is 0 Å². The smallest absolute Gasteiger partial charge is 0.259 e. The summed E-state index contributed by atoms with van der Waals surface area (Å²) in [7, 11) is 1.93. The lowest BCUT2D eigenvalue weighted by atomic mass is 9.88. The Labute approximate surface area is 235 Å². The molecule has 5 nitrogen and oxygen atoms in total. The molecule has 0 bridgehead atoms. The zero-order valence-corrected chi connectivity index (χ0v) is 23.0. The van der Waals surface area contributed by atoms with E-state index in [0.717, 1.165) is 72.2 Å². The number of fused-ring (bicyclic) bond motifs is 1. The number of nitrogens with two attached hydrogens (primary N) is 1. The van der Waals surface area contributed by atoms with Gasteiger partial charge in [0.15, 0.2) is 0 Å². The third-order valence-corrected chi connectivity index (χ3v) is 8.34. The number of pyridine rings is 2. The molecule has 40 heavy (non-hydrogen) atoms. The molecule has 0 amide bonds. The molecule has 2 aromatic heterocycles. The first kappa shape index (κ1) is 26.2. The van der Waals surface area contributed by atoms with Crippen LogP contribution in [0.2, 0.25) is 0 Å². The Morgan fingerprint density at radius 2 is 1.55 bits per heavy atom.